The van der Waals surface area contributed by atoms with Gasteiger partial charge < -0.3 is 10.1 Å². The van der Waals surface area contributed by atoms with Crippen molar-refractivity contribution < 1.29 is 26.3 Å². The smallest absolute Gasteiger partial charge is 0.406 e. The average Bonchev–Trinajstić information content (AvgIpc) is 2.88. The molecule has 1 heterocycles. The first-order chi connectivity index (χ1) is 9.76. The standard InChI is InChI=1S/C12H15F3N2O3S.ClH/c13-12(14,15)20-10-2-1-3-11(6-10)21(18,19)17-8-9-4-5-16-7-9;/h1-3,6,9,16-17H,4-5,7-8H2;1H. The summed E-state index contributed by atoms with van der Waals surface area (Å²) >= 11 is 0. The minimum Gasteiger partial charge on any atom is -0.406 e. The van der Waals surface area contributed by atoms with Crippen molar-refractivity contribution in [1.29, 1.82) is 0 Å². The second kappa shape index (κ2) is 7.49. The maximum absolute atomic E-state index is 12.1. The number of halogens is 4. The number of hydrogen-bond donors (Lipinski definition) is 2. The summed E-state index contributed by atoms with van der Waals surface area (Å²) in [7, 11) is -3.85. The molecule has 2 N–H and O–H groups in total. The van der Waals surface area contributed by atoms with Gasteiger partial charge in [0, 0.05) is 12.6 Å². The first-order valence-corrected chi connectivity index (χ1v) is 7.81. The van der Waals surface area contributed by atoms with Crippen LogP contribution < -0.4 is 14.8 Å². The van der Waals surface area contributed by atoms with Gasteiger partial charge in [-0.25, -0.2) is 13.1 Å². The highest BCUT2D eigenvalue weighted by molar-refractivity contribution is 7.89. The van der Waals surface area contributed by atoms with E-state index in [1.807, 2.05) is 0 Å². The third kappa shape index (κ3) is 5.64. The molecule has 0 aliphatic carbocycles. The summed E-state index contributed by atoms with van der Waals surface area (Å²) in [6.45, 7) is 1.81. The second-order valence-electron chi connectivity index (χ2n) is 4.73. The normalized spacial score (nSPS) is 18.8. The Labute approximate surface area is 132 Å². The van der Waals surface area contributed by atoms with Crippen molar-refractivity contribution in [3.63, 3.8) is 0 Å². The summed E-state index contributed by atoms with van der Waals surface area (Å²) < 4.78 is 66.6. The topological polar surface area (TPSA) is 67.4 Å². The number of hydrogen-bond acceptors (Lipinski definition) is 4. The van der Waals surface area contributed by atoms with E-state index in [9.17, 15) is 21.6 Å². The van der Waals surface area contributed by atoms with Gasteiger partial charge in [0.1, 0.15) is 5.75 Å². The predicted molar refractivity (Wildman–Crippen MR) is 76.5 cm³/mol. The third-order valence-electron chi connectivity index (χ3n) is 3.07. The predicted octanol–water partition coefficient (Wildman–Crippen LogP) is 1.89. The van der Waals surface area contributed by atoms with Crippen LogP contribution in [0, 0.1) is 5.92 Å². The molecule has 1 saturated heterocycles. The molecule has 1 aliphatic rings. The molecular formula is C12H16ClF3N2O3S. The van der Waals surface area contributed by atoms with Gasteiger partial charge in [0.05, 0.1) is 4.90 Å². The van der Waals surface area contributed by atoms with Crippen LogP contribution in [0.4, 0.5) is 13.2 Å². The lowest BCUT2D eigenvalue weighted by Gasteiger charge is -2.12. The minimum atomic E-state index is -4.86. The van der Waals surface area contributed by atoms with Crippen LogP contribution >= 0.6 is 12.4 Å². The maximum atomic E-state index is 12.1. The molecule has 5 nitrogen and oxygen atoms in total. The van der Waals surface area contributed by atoms with Gasteiger partial charge in [0.15, 0.2) is 0 Å². The molecule has 0 aromatic heterocycles. The number of sulfonamides is 1. The van der Waals surface area contributed by atoms with Crippen molar-refractivity contribution in [1.82, 2.24) is 10.0 Å². The summed E-state index contributed by atoms with van der Waals surface area (Å²) in [6.07, 6.45) is -3.99. The van der Waals surface area contributed by atoms with Crippen LogP contribution in [0.1, 0.15) is 6.42 Å². The lowest BCUT2D eigenvalue weighted by atomic mass is 10.1. The zero-order valence-electron chi connectivity index (χ0n) is 11.4. The zero-order valence-corrected chi connectivity index (χ0v) is 13.0. The van der Waals surface area contributed by atoms with Crippen molar-refractivity contribution in [3.8, 4) is 5.75 Å². The van der Waals surface area contributed by atoms with E-state index in [0.717, 1.165) is 31.6 Å². The molecule has 1 aromatic carbocycles. The highest BCUT2D eigenvalue weighted by atomic mass is 35.5. The molecule has 126 valence electrons. The van der Waals surface area contributed by atoms with Crippen molar-refractivity contribution in [3.05, 3.63) is 24.3 Å². The molecule has 10 heteroatoms. The Bertz CT molecular complexity index is 590. The minimum absolute atomic E-state index is 0. The molecule has 22 heavy (non-hydrogen) atoms. The largest absolute Gasteiger partial charge is 0.573 e. The average molecular weight is 361 g/mol. The third-order valence-corrected chi connectivity index (χ3v) is 4.50. The Kier molecular flexibility index (Phi) is 6.48. The fraction of sp³-hybridized carbons (Fsp3) is 0.500. The molecule has 0 radical (unpaired) electrons. The lowest BCUT2D eigenvalue weighted by molar-refractivity contribution is -0.274. The lowest BCUT2D eigenvalue weighted by Crippen LogP contribution is -2.30. The Morgan fingerprint density at radius 2 is 2.09 bits per heavy atom. The van der Waals surface area contributed by atoms with Crippen LogP contribution in [-0.4, -0.2) is 34.4 Å². The van der Waals surface area contributed by atoms with E-state index < -0.39 is 22.1 Å². The van der Waals surface area contributed by atoms with E-state index in [-0.39, 0.29) is 29.8 Å². The number of benzene rings is 1. The second-order valence-corrected chi connectivity index (χ2v) is 6.50. The highest BCUT2D eigenvalue weighted by Crippen LogP contribution is 2.24. The Hall–Kier alpha value is -1.03. The fourth-order valence-corrected chi connectivity index (χ4v) is 3.19. The molecule has 1 unspecified atom stereocenters. The summed E-state index contributed by atoms with van der Waals surface area (Å²) in [5.41, 5.74) is 0. The van der Waals surface area contributed by atoms with Gasteiger partial charge in [-0.2, -0.15) is 0 Å². The highest BCUT2D eigenvalue weighted by Gasteiger charge is 2.31. The monoisotopic (exact) mass is 360 g/mol. The number of nitrogens with one attached hydrogen (secondary N) is 2. The molecule has 1 atom stereocenters. The Balaban J connectivity index is 0.00000242. The molecule has 0 amide bonds. The van der Waals surface area contributed by atoms with E-state index >= 15 is 0 Å². The first-order valence-electron chi connectivity index (χ1n) is 6.32. The number of ether oxygens (including phenoxy) is 1. The van der Waals surface area contributed by atoms with E-state index in [2.05, 4.69) is 14.8 Å². The van der Waals surface area contributed by atoms with Gasteiger partial charge in [-0.1, -0.05) is 6.07 Å². The molecule has 0 spiro atoms. The molecular weight excluding hydrogens is 345 g/mol. The van der Waals surface area contributed by atoms with E-state index in [4.69, 9.17) is 0 Å². The van der Waals surface area contributed by atoms with Crippen LogP contribution in [0.25, 0.3) is 0 Å². The van der Waals surface area contributed by atoms with Gasteiger partial charge >= 0.3 is 6.36 Å². The SMILES string of the molecule is Cl.O=S(=O)(NCC1CCNC1)c1cccc(OC(F)(F)F)c1. The first kappa shape index (κ1) is 19.0. The Morgan fingerprint density at radius 3 is 2.68 bits per heavy atom. The van der Waals surface area contributed by atoms with E-state index in [0.29, 0.717) is 0 Å². The van der Waals surface area contributed by atoms with Crippen LogP contribution in [0.2, 0.25) is 0 Å². The number of alkyl halides is 3. The van der Waals surface area contributed by atoms with Gasteiger partial charge in [0.25, 0.3) is 0 Å². The van der Waals surface area contributed by atoms with Crippen molar-refractivity contribution >= 4 is 22.4 Å². The molecule has 0 saturated carbocycles. The Morgan fingerprint density at radius 1 is 1.36 bits per heavy atom. The van der Waals surface area contributed by atoms with E-state index in [1.165, 1.54) is 12.1 Å². The van der Waals surface area contributed by atoms with Crippen LogP contribution in [0.5, 0.6) is 5.75 Å². The number of rotatable bonds is 5. The molecule has 1 aromatic rings. The summed E-state index contributed by atoms with van der Waals surface area (Å²) in [5.74, 6) is -0.373. The van der Waals surface area contributed by atoms with Crippen molar-refractivity contribution in [2.75, 3.05) is 19.6 Å². The molecule has 1 aliphatic heterocycles. The van der Waals surface area contributed by atoms with Gasteiger partial charge in [-0.3, -0.25) is 0 Å². The van der Waals surface area contributed by atoms with Gasteiger partial charge in [0.2, 0.25) is 10.0 Å². The fourth-order valence-electron chi connectivity index (χ4n) is 2.04. The van der Waals surface area contributed by atoms with Gasteiger partial charge in [-0.15, -0.1) is 25.6 Å². The summed E-state index contributed by atoms with van der Waals surface area (Å²) in [6, 6.07) is 4.32. The van der Waals surface area contributed by atoms with Crippen LogP contribution in [-0.2, 0) is 10.0 Å². The van der Waals surface area contributed by atoms with Crippen molar-refractivity contribution in [2.45, 2.75) is 17.7 Å². The quantitative estimate of drug-likeness (QED) is 0.841. The molecule has 0 bridgehead atoms. The van der Waals surface area contributed by atoms with Crippen LogP contribution in [0.3, 0.4) is 0 Å². The molecule has 2 rings (SSSR count). The van der Waals surface area contributed by atoms with Crippen molar-refractivity contribution in [2.24, 2.45) is 5.92 Å². The zero-order chi connectivity index (χ0) is 15.5. The summed E-state index contributed by atoms with van der Waals surface area (Å²) in [5, 5.41) is 3.10. The van der Waals surface area contributed by atoms with Gasteiger partial charge in [-0.05, 0) is 37.6 Å². The van der Waals surface area contributed by atoms with Crippen LogP contribution in [0.15, 0.2) is 29.2 Å². The molecule has 1 fully saturated rings. The van der Waals surface area contributed by atoms with E-state index in [1.54, 1.807) is 0 Å². The maximum Gasteiger partial charge on any atom is 0.573 e. The summed E-state index contributed by atoms with van der Waals surface area (Å²) in [4.78, 5) is -0.254.